The van der Waals surface area contributed by atoms with Crippen molar-refractivity contribution in [1.29, 1.82) is 0 Å². The second kappa shape index (κ2) is 6.54. The second-order valence-electron chi connectivity index (χ2n) is 5.88. The summed E-state index contributed by atoms with van der Waals surface area (Å²) < 4.78 is 6.35. The highest BCUT2D eigenvalue weighted by atomic mass is 32.1. The smallest absolute Gasteiger partial charge is 0.358 e. The molecule has 0 radical (unpaired) electrons. The Balaban J connectivity index is 2.03. The van der Waals surface area contributed by atoms with Gasteiger partial charge in [0.25, 0.3) is 0 Å². The van der Waals surface area contributed by atoms with Gasteiger partial charge in [-0.3, -0.25) is 0 Å². The molecule has 0 unspecified atom stereocenters. The van der Waals surface area contributed by atoms with Crippen LogP contribution in [0.1, 0.15) is 37.0 Å². The van der Waals surface area contributed by atoms with Gasteiger partial charge in [-0.15, -0.1) is 11.3 Å². The maximum absolute atomic E-state index is 12.2. The first kappa shape index (κ1) is 15.7. The van der Waals surface area contributed by atoms with Gasteiger partial charge in [0.05, 0.1) is 17.2 Å². The van der Waals surface area contributed by atoms with Crippen LogP contribution >= 0.6 is 11.3 Å². The van der Waals surface area contributed by atoms with Gasteiger partial charge in [0, 0.05) is 4.70 Å². The Hall–Kier alpha value is -2.14. The van der Waals surface area contributed by atoms with Crippen LogP contribution in [0.2, 0.25) is 0 Å². The third kappa shape index (κ3) is 3.29. The minimum atomic E-state index is -0.355. The predicted molar refractivity (Wildman–Crippen MR) is 93.9 cm³/mol. The normalized spacial score (nSPS) is 11.3. The molecular formula is C18H20N2O2S. The molecule has 0 amide bonds. The van der Waals surface area contributed by atoms with E-state index in [4.69, 9.17) is 4.74 Å². The third-order valence-electron chi connectivity index (χ3n) is 3.52. The Bertz CT molecular complexity index is 800. The second-order valence-corrected chi connectivity index (χ2v) is 6.96. The molecule has 0 saturated carbocycles. The molecule has 0 fully saturated rings. The molecule has 23 heavy (non-hydrogen) atoms. The Morgan fingerprint density at radius 2 is 2.13 bits per heavy atom. The first-order valence-corrected chi connectivity index (χ1v) is 8.65. The van der Waals surface area contributed by atoms with Gasteiger partial charge in [-0.25, -0.2) is 9.78 Å². The fourth-order valence-electron chi connectivity index (χ4n) is 2.55. The summed E-state index contributed by atoms with van der Waals surface area (Å²) in [6.45, 7) is 6.40. The van der Waals surface area contributed by atoms with E-state index in [0.29, 0.717) is 18.2 Å². The number of benzene rings is 1. The van der Waals surface area contributed by atoms with Crippen LogP contribution in [-0.4, -0.2) is 22.5 Å². The number of ether oxygens (including phenoxy) is 1. The van der Waals surface area contributed by atoms with E-state index >= 15 is 0 Å². The number of nitrogens with one attached hydrogen (secondary N) is 1. The monoisotopic (exact) mass is 328 g/mol. The van der Waals surface area contributed by atoms with E-state index in [1.54, 1.807) is 18.3 Å². The molecule has 0 saturated heterocycles. The van der Waals surface area contributed by atoms with Crippen LogP contribution in [0, 0.1) is 5.92 Å². The van der Waals surface area contributed by atoms with Crippen LogP contribution in [0.3, 0.4) is 0 Å². The van der Waals surface area contributed by atoms with Gasteiger partial charge in [0.1, 0.15) is 5.82 Å². The molecule has 0 spiro atoms. The van der Waals surface area contributed by atoms with Gasteiger partial charge in [-0.05, 0) is 36.8 Å². The number of imidazole rings is 1. The van der Waals surface area contributed by atoms with E-state index in [0.717, 1.165) is 22.8 Å². The summed E-state index contributed by atoms with van der Waals surface area (Å²) in [6.07, 6.45) is 0.770. The molecule has 0 atom stereocenters. The van der Waals surface area contributed by atoms with Crippen molar-refractivity contribution in [2.75, 3.05) is 6.61 Å². The van der Waals surface area contributed by atoms with Gasteiger partial charge >= 0.3 is 5.97 Å². The lowest BCUT2D eigenvalue weighted by molar-refractivity contribution is 0.0518. The van der Waals surface area contributed by atoms with Crippen molar-refractivity contribution in [2.24, 2.45) is 5.92 Å². The number of H-pyrrole nitrogens is 1. The van der Waals surface area contributed by atoms with Crippen LogP contribution in [0.5, 0.6) is 0 Å². The summed E-state index contributed by atoms with van der Waals surface area (Å²) in [5, 5.41) is 1.19. The average Bonchev–Trinajstić information content (AvgIpc) is 3.10. The number of rotatable bonds is 5. The Morgan fingerprint density at radius 3 is 2.83 bits per heavy atom. The highest BCUT2D eigenvalue weighted by Crippen LogP contribution is 2.32. The zero-order valence-electron chi connectivity index (χ0n) is 13.6. The first-order chi connectivity index (χ1) is 11.1. The van der Waals surface area contributed by atoms with Crippen molar-refractivity contribution in [3.8, 4) is 10.7 Å². The molecule has 0 bridgehead atoms. The maximum Gasteiger partial charge on any atom is 0.358 e. The molecule has 120 valence electrons. The minimum absolute atomic E-state index is 0.352. The van der Waals surface area contributed by atoms with Crippen LogP contribution in [0.4, 0.5) is 0 Å². The lowest BCUT2D eigenvalue weighted by atomic mass is 10.1. The molecule has 2 heterocycles. The SMILES string of the molecule is CCOC(=O)c1nc(-c2cc3ccccc3s2)[nH]c1CC(C)C. The number of aromatic nitrogens is 2. The molecular weight excluding hydrogens is 308 g/mol. The van der Waals surface area contributed by atoms with Crippen molar-refractivity contribution < 1.29 is 9.53 Å². The fraction of sp³-hybridized carbons (Fsp3) is 0.333. The van der Waals surface area contributed by atoms with Crippen molar-refractivity contribution in [2.45, 2.75) is 27.2 Å². The summed E-state index contributed by atoms with van der Waals surface area (Å²) in [5.74, 6) is 0.815. The number of hydrogen-bond donors (Lipinski definition) is 1. The van der Waals surface area contributed by atoms with Crippen LogP contribution in [-0.2, 0) is 11.2 Å². The molecule has 3 aromatic rings. The van der Waals surface area contributed by atoms with E-state index in [9.17, 15) is 4.79 Å². The van der Waals surface area contributed by atoms with Crippen LogP contribution in [0.25, 0.3) is 20.8 Å². The number of esters is 1. The van der Waals surface area contributed by atoms with Crippen molar-refractivity contribution in [3.63, 3.8) is 0 Å². The third-order valence-corrected chi connectivity index (χ3v) is 4.64. The number of fused-ring (bicyclic) bond motifs is 1. The molecule has 4 nitrogen and oxygen atoms in total. The van der Waals surface area contributed by atoms with Crippen LogP contribution < -0.4 is 0 Å². The maximum atomic E-state index is 12.2. The number of carbonyl (C=O) groups excluding carboxylic acids is 1. The zero-order chi connectivity index (χ0) is 16.4. The number of carbonyl (C=O) groups is 1. The quantitative estimate of drug-likeness (QED) is 0.693. The predicted octanol–water partition coefficient (Wildman–Crippen LogP) is 4.67. The summed E-state index contributed by atoms with van der Waals surface area (Å²) in [4.78, 5) is 21.1. The van der Waals surface area contributed by atoms with Gasteiger partial charge in [-0.2, -0.15) is 0 Å². The topological polar surface area (TPSA) is 55.0 Å². The average molecular weight is 328 g/mol. The lowest BCUT2D eigenvalue weighted by Crippen LogP contribution is -2.09. The number of aromatic amines is 1. The Morgan fingerprint density at radius 1 is 1.35 bits per heavy atom. The van der Waals surface area contributed by atoms with Crippen molar-refractivity contribution >= 4 is 27.4 Å². The van der Waals surface area contributed by atoms with E-state index in [1.165, 1.54) is 10.1 Å². The molecule has 0 aliphatic carbocycles. The van der Waals surface area contributed by atoms with E-state index in [2.05, 4.69) is 42.0 Å². The number of hydrogen-bond acceptors (Lipinski definition) is 4. The summed E-state index contributed by atoms with van der Waals surface area (Å²) >= 11 is 1.67. The van der Waals surface area contributed by atoms with E-state index in [1.807, 2.05) is 12.1 Å². The molecule has 3 rings (SSSR count). The largest absolute Gasteiger partial charge is 0.461 e. The van der Waals surface area contributed by atoms with E-state index < -0.39 is 0 Å². The minimum Gasteiger partial charge on any atom is -0.461 e. The standard InChI is InChI=1S/C18H20N2O2S/c1-4-22-18(21)16-13(9-11(2)3)19-17(20-16)15-10-12-7-5-6-8-14(12)23-15/h5-8,10-11H,4,9H2,1-3H3,(H,19,20). The zero-order valence-corrected chi connectivity index (χ0v) is 14.4. The number of nitrogens with zero attached hydrogens (tertiary/aromatic N) is 1. The summed E-state index contributed by atoms with van der Waals surface area (Å²) in [7, 11) is 0. The highest BCUT2D eigenvalue weighted by molar-refractivity contribution is 7.22. The lowest BCUT2D eigenvalue weighted by Gasteiger charge is -2.04. The molecule has 0 aliphatic rings. The fourth-order valence-corrected chi connectivity index (χ4v) is 3.56. The van der Waals surface area contributed by atoms with Gasteiger partial charge in [0.15, 0.2) is 5.69 Å². The highest BCUT2D eigenvalue weighted by Gasteiger charge is 2.20. The van der Waals surface area contributed by atoms with E-state index in [-0.39, 0.29) is 5.97 Å². The van der Waals surface area contributed by atoms with Gasteiger partial charge in [0.2, 0.25) is 0 Å². The summed E-state index contributed by atoms with van der Waals surface area (Å²) in [5.41, 5.74) is 1.26. The first-order valence-electron chi connectivity index (χ1n) is 7.83. The van der Waals surface area contributed by atoms with Gasteiger partial charge in [-0.1, -0.05) is 32.0 Å². The van der Waals surface area contributed by atoms with Gasteiger partial charge < -0.3 is 9.72 Å². The molecule has 0 aliphatic heterocycles. The van der Waals surface area contributed by atoms with Crippen LogP contribution in [0.15, 0.2) is 30.3 Å². The molecule has 5 heteroatoms. The van der Waals surface area contributed by atoms with Crippen molar-refractivity contribution in [1.82, 2.24) is 9.97 Å². The van der Waals surface area contributed by atoms with Crippen molar-refractivity contribution in [3.05, 3.63) is 41.7 Å². The molecule has 1 aromatic carbocycles. The Labute approximate surface area is 139 Å². The Kier molecular flexibility index (Phi) is 4.48. The summed E-state index contributed by atoms with van der Waals surface area (Å²) in [6, 6.07) is 10.3. The number of thiophene rings is 1. The molecule has 1 N–H and O–H groups in total. The molecule has 2 aromatic heterocycles.